The second-order valence-electron chi connectivity index (χ2n) is 10.2. The van der Waals surface area contributed by atoms with Gasteiger partial charge in [0.15, 0.2) is 0 Å². The van der Waals surface area contributed by atoms with Gasteiger partial charge in [0, 0.05) is 17.4 Å². The Kier molecular flexibility index (Phi) is 7.00. The Bertz CT molecular complexity index is 1110. The third-order valence-corrected chi connectivity index (χ3v) is 7.42. The Morgan fingerprint density at radius 3 is 2.40 bits per heavy atom. The van der Waals surface area contributed by atoms with Gasteiger partial charge in [-0.15, -0.1) is 0 Å². The summed E-state index contributed by atoms with van der Waals surface area (Å²) in [5, 5.41) is 16.4. The predicted molar refractivity (Wildman–Crippen MR) is 132 cm³/mol. The number of fused-ring (bicyclic) bond motifs is 3. The monoisotopic (exact) mass is 478 g/mol. The molecule has 0 aromatic heterocycles. The van der Waals surface area contributed by atoms with E-state index in [1.165, 1.54) is 0 Å². The zero-order valence-corrected chi connectivity index (χ0v) is 20.2. The van der Waals surface area contributed by atoms with Gasteiger partial charge >= 0.3 is 12.1 Å². The van der Waals surface area contributed by atoms with E-state index in [0.717, 1.165) is 35.2 Å². The fourth-order valence-electron chi connectivity index (χ4n) is 6.01. The molecule has 35 heavy (non-hydrogen) atoms. The highest BCUT2D eigenvalue weighted by atomic mass is 16.5. The fourth-order valence-corrected chi connectivity index (χ4v) is 6.01. The molecule has 1 saturated heterocycles. The topological polar surface area (TPSA) is 124 Å². The summed E-state index contributed by atoms with van der Waals surface area (Å²) in [6, 6.07) is 15.0. The number of amides is 1. The van der Waals surface area contributed by atoms with Crippen molar-refractivity contribution in [1.82, 2.24) is 5.32 Å². The van der Waals surface area contributed by atoms with Crippen molar-refractivity contribution in [2.75, 3.05) is 40.3 Å². The van der Waals surface area contributed by atoms with Gasteiger partial charge in [0.25, 0.3) is 0 Å². The summed E-state index contributed by atoms with van der Waals surface area (Å²) in [4.78, 5) is 28.1. The van der Waals surface area contributed by atoms with E-state index in [2.05, 4.69) is 27.5 Å². The maximum Gasteiger partial charge on any atom is 0.407 e. The van der Waals surface area contributed by atoms with E-state index in [9.17, 15) is 14.7 Å². The highest BCUT2D eigenvalue weighted by molar-refractivity contribution is 5.81. The lowest BCUT2D eigenvalue weighted by Crippen LogP contribution is -2.63. The summed E-state index contributed by atoms with van der Waals surface area (Å²) < 4.78 is 6.26. The minimum atomic E-state index is -1.15. The van der Waals surface area contributed by atoms with Gasteiger partial charge in [0.2, 0.25) is 0 Å². The van der Waals surface area contributed by atoms with Crippen LogP contribution in [0.25, 0.3) is 21.6 Å². The molecule has 184 valence electrons. The van der Waals surface area contributed by atoms with Gasteiger partial charge in [-0.05, 0) is 47.0 Å². The molecule has 2 atom stereocenters. The van der Waals surface area contributed by atoms with Crippen LogP contribution in [0.2, 0.25) is 0 Å². The van der Waals surface area contributed by atoms with Crippen LogP contribution >= 0.6 is 0 Å². The van der Waals surface area contributed by atoms with E-state index in [1.54, 1.807) is 0 Å². The number of carboxylic acid groups (broad SMARTS) is 1. The zero-order chi connectivity index (χ0) is 25.1. The Morgan fingerprint density at radius 1 is 1.20 bits per heavy atom. The summed E-state index contributed by atoms with van der Waals surface area (Å²) in [6.45, 7) is 1.75. The number of quaternary nitrogens is 1. The normalized spacial score (nSPS) is 21.2. The number of rotatable bonds is 8. The van der Waals surface area contributed by atoms with E-state index in [1.807, 2.05) is 50.5 Å². The first-order chi connectivity index (χ1) is 16.8. The summed E-state index contributed by atoms with van der Waals surface area (Å²) in [7, 11) is 4.10. The number of hydrogen-bond acceptors (Lipinski definition) is 4. The lowest BCUT2D eigenvalue weighted by Gasteiger charge is -2.48. The number of carbonyl (C=O) groups excluding carboxylic acids is 1. The average Bonchev–Trinajstić information content (AvgIpc) is 3.14. The maximum atomic E-state index is 12.9. The smallest absolute Gasteiger partial charge is 0.407 e. The third-order valence-electron chi connectivity index (χ3n) is 7.42. The number of piperidine rings is 1. The largest absolute Gasteiger partial charge is 0.480 e. The lowest BCUT2D eigenvalue weighted by molar-refractivity contribution is -0.903. The number of likely N-dealkylation sites (tertiary alicyclic amines) is 1. The van der Waals surface area contributed by atoms with Gasteiger partial charge in [0.05, 0.1) is 32.6 Å². The van der Waals surface area contributed by atoms with E-state index in [0.29, 0.717) is 23.9 Å². The summed E-state index contributed by atoms with van der Waals surface area (Å²) in [5.74, 6) is -1.22. The maximum absolute atomic E-state index is 12.9. The molecule has 0 bridgehead atoms. The van der Waals surface area contributed by atoms with Crippen LogP contribution in [-0.4, -0.2) is 68.0 Å². The molecule has 1 amide bonds. The SMILES string of the molecule is C[N+]1(C)CCC[C@@](CCN=[N+]=[N-])([C@H](NC(=O)OCC2c3ccccc3-c3ccccc32)C(=O)O)C1. The van der Waals surface area contributed by atoms with Gasteiger partial charge in [-0.3, -0.25) is 0 Å². The average molecular weight is 479 g/mol. The highest BCUT2D eigenvalue weighted by Gasteiger charge is 2.50. The molecular weight excluding hydrogens is 446 g/mol. The number of carboxylic acids is 1. The number of carbonyl (C=O) groups is 2. The number of benzene rings is 2. The Labute approximate surface area is 204 Å². The molecular formula is C26H32N5O4+. The second kappa shape index (κ2) is 9.98. The first-order valence-corrected chi connectivity index (χ1v) is 11.9. The van der Waals surface area contributed by atoms with Crippen molar-refractivity contribution < 1.29 is 23.9 Å². The molecule has 0 unspecified atom stereocenters. The molecule has 2 N–H and O–H groups in total. The minimum absolute atomic E-state index is 0.111. The highest BCUT2D eigenvalue weighted by Crippen LogP contribution is 2.44. The first-order valence-electron chi connectivity index (χ1n) is 11.9. The minimum Gasteiger partial charge on any atom is -0.480 e. The Hall–Kier alpha value is -3.55. The molecule has 2 aromatic carbocycles. The summed E-state index contributed by atoms with van der Waals surface area (Å²) in [5.41, 5.74) is 12.4. The van der Waals surface area contributed by atoms with Crippen LogP contribution in [0.15, 0.2) is 53.6 Å². The van der Waals surface area contributed by atoms with Crippen LogP contribution in [0.1, 0.15) is 36.3 Å². The van der Waals surface area contributed by atoms with Crippen molar-refractivity contribution in [3.8, 4) is 11.1 Å². The number of nitrogens with one attached hydrogen (secondary N) is 1. The molecule has 9 heteroatoms. The fraction of sp³-hybridized carbons (Fsp3) is 0.462. The quantitative estimate of drug-likeness (QED) is 0.250. The number of azide groups is 1. The van der Waals surface area contributed by atoms with E-state index in [-0.39, 0.29) is 19.1 Å². The zero-order valence-electron chi connectivity index (χ0n) is 20.2. The van der Waals surface area contributed by atoms with Crippen molar-refractivity contribution in [3.63, 3.8) is 0 Å². The molecule has 0 radical (unpaired) electrons. The third kappa shape index (κ3) is 5.11. The van der Waals surface area contributed by atoms with Crippen molar-refractivity contribution in [3.05, 3.63) is 70.1 Å². The van der Waals surface area contributed by atoms with Crippen LogP contribution in [0, 0.1) is 5.41 Å². The van der Waals surface area contributed by atoms with Crippen molar-refractivity contribution in [2.45, 2.75) is 31.2 Å². The molecule has 2 aromatic rings. The van der Waals surface area contributed by atoms with Crippen molar-refractivity contribution in [1.29, 1.82) is 0 Å². The molecule has 9 nitrogen and oxygen atoms in total. The lowest BCUT2D eigenvalue weighted by atomic mass is 9.70. The molecule has 1 aliphatic heterocycles. The van der Waals surface area contributed by atoms with Crippen molar-refractivity contribution >= 4 is 12.1 Å². The van der Waals surface area contributed by atoms with Gasteiger partial charge in [-0.25, -0.2) is 9.59 Å². The van der Waals surface area contributed by atoms with E-state index >= 15 is 0 Å². The predicted octanol–water partition coefficient (Wildman–Crippen LogP) is 4.54. The van der Waals surface area contributed by atoms with Gasteiger partial charge < -0.3 is 19.6 Å². The van der Waals surface area contributed by atoms with Gasteiger partial charge in [-0.2, -0.15) is 0 Å². The Morgan fingerprint density at radius 2 is 1.83 bits per heavy atom. The number of nitrogens with zero attached hydrogens (tertiary/aromatic N) is 4. The Balaban J connectivity index is 1.51. The van der Waals surface area contributed by atoms with Crippen LogP contribution in [0.5, 0.6) is 0 Å². The standard InChI is InChI=1S/C26H31N5O4/c1-31(2)15-7-12-26(17-31,13-14-28-30-27)23(24(32)33)29-25(34)35-16-22-20-10-5-3-8-18(20)19-9-4-6-11-21(19)22/h3-6,8-11,22-23H,7,12-17H2,1-2H3,(H-,29,32,33,34)/p+1/t23-,26+/m1/s1. The number of hydrogen-bond donors (Lipinski definition) is 2. The van der Waals surface area contributed by atoms with Crippen LogP contribution in [-0.2, 0) is 9.53 Å². The van der Waals surface area contributed by atoms with Crippen LogP contribution < -0.4 is 5.32 Å². The molecule has 1 heterocycles. The molecule has 0 saturated carbocycles. The van der Waals surface area contributed by atoms with E-state index in [4.69, 9.17) is 10.3 Å². The number of alkyl carbamates (subject to hydrolysis) is 1. The molecule has 2 aliphatic rings. The summed E-state index contributed by atoms with van der Waals surface area (Å²) >= 11 is 0. The van der Waals surface area contributed by atoms with Gasteiger partial charge in [-0.1, -0.05) is 53.6 Å². The first kappa shape index (κ1) is 24.6. The van der Waals surface area contributed by atoms with Crippen LogP contribution in [0.3, 0.4) is 0 Å². The molecule has 4 rings (SSSR count). The molecule has 1 aliphatic carbocycles. The summed E-state index contributed by atoms with van der Waals surface area (Å²) in [6.07, 6.45) is 1.06. The number of ether oxygens (including phenoxy) is 1. The number of aliphatic carboxylic acids is 1. The van der Waals surface area contributed by atoms with Gasteiger partial charge in [0.1, 0.15) is 12.6 Å². The van der Waals surface area contributed by atoms with E-state index < -0.39 is 23.5 Å². The molecule has 1 fully saturated rings. The second-order valence-corrected chi connectivity index (χ2v) is 10.2. The van der Waals surface area contributed by atoms with Crippen LogP contribution in [0.4, 0.5) is 4.79 Å². The van der Waals surface area contributed by atoms with Crippen molar-refractivity contribution in [2.24, 2.45) is 10.5 Å². The molecule has 0 spiro atoms.